The van der Waals surface area contributed by atoms with E-state index in [2.05, 4.69) is 39.9 Å². The van der Waals surface area contributed by atoms with Crippen LogP contribution in [-0.4, -0.2) is 71.8 Å². The second kappa shape index (κ2) is 34.7. The summed E-state index contributed by atoms with van der Waals surface area (Å²) in [6.07, 6.45) is 30.0. The third-order valence-corrected chi connectivity index (χ3v) is 11.3. The number of rotatable bonds is 36. The minimum Gasteiger partial charge on any atom is -0.444 e. The number of unbranched alkanes of at least 4 members (excludes halogenated alkanes) is 11. The van der Waals surface area contributed by atoms with Crippen LogP contribution in [-0.2, 0) is 14.3 Å². The molecule has 0 saturated heterocycles. The van der Waals surface area contributed by atoms with Gasteiger partial charge in [0.1, 0.15) is 11.2 Å². The molecule has 58 heavy (non-hydrogen) atoms. The first kappa shape index (κ1) is 56.0. The zero-order chi connectivity index (χ0) is 43.7. The van der Waals surface area contributed by atoms with Gasteiger partial charge in [0, 0.05) is 39.1 Å². The second-order valence-electron chi connectivity index (χ2n) is 19.9. The molecule has 8 heteroatoms. The van der Waals surface area contributed by atoms with Crippen molar-refractivity contribution in [3.05, 3.63) is 0 Å². The number of carbonyl (C=O) groups excluding carboxylic acids is 3. The zero-order valence-corrected chi connectivity index (χ0v) is 40.6. The molecule has 0 fully saturated rings. The van der Waals surface area contributed by atoms with Crippen molar-refractivity contribution < 1.29 is 23.9 Å². The maximum atomic E-state index is 12.8. The van der Waals surface area contributed by atoms with Gasteiger partial charge in [-0.15, -0.1) is 0 Å². The van der Waals surface area contributed by atoms with Crippen LogP contribution in [0.25, 0.3) is 0 Å². The van der Waals surface area contributed by atoms with E-state index in [0.717, 1.165) is 102 Å². The van der Waals surface area contributed by atoms with Crippen molar-refractivity contribution >= 4 is 18.1 Å². The lowest BCUT2D eigenvalue weighted by atomic mass is 9.89. The van der Waals surface area contributed by atoms with Gasteiger partial charge in [0.05, 0.1) is 0 Å². The average Bonchev–Trinajstić information content (AvgIpc) is 3.13. The van der Waals surface area contributed by atoms with Gasteiger partial charge in [0.25, 0.3) is 0 Å². The van der Waals surface area contributed by atoms with Gasteiger partial charge in [-0.3, -0.25) is 4.79 Å². The number of amides is 3. The van der Waals surface area contributed by atoms with Gasteiger partial charge >= 0.3 is 12.2 Å². The van der Waals surface area contributed by atoms with Gasteiger partial charge in [-0.1, -0.05) is 157 Å². The van der Waals surface area contributed by atoms with Gasteiger partial charge in [-0.2, -0.15) is 0 Å². The molecule has 0 aromatic rings. The molecule has 0 spiro atoms. The SMILES string of the molecule is CCCCCC(C)CCCC(C)CCC(=O)NCCCCCCC(CCCCCCN(CCCC)C(=O)OC(C)(C)C)CCCCCN(CCC)C(=O)OC(C)(C)C. The first-order chi connectivity index (χ1) is 27.5. The molecule has 0 radical (unpaired) electrons. The monoisotopic (exact) mass is 822 g/mol. The predicted molar refractivity (Wildman–Crippen MR) is 248 cm³/mol. The molecule has 0 rings (SSSR count). The summed E-state index contributed by atoms with van der Waals surface area (Å²) in [6.45, 7) is 26.7. The Kier molecular flexibility index (Phi) is 33.5. The number of nitrogens with zero attached hydrogens (tertiary/aromatic N) is 2. The van der Waals surface area contributed by atoms with Gasteiger partial charge in [-0.05, 0) is 97.8 Å². The molecule has 344 valence electrons. The summed E-state index contributed by atoms with van der Waals surface area (Å²) >= 11 is 0. The number of ether oxygens (including phenoxy) is 2. The fourth-order valence-corrected chi connectivity index (χ4v) is 7.75. The zero-order valence-electron chi connectivity index (χ0n) is 40.6. The highest BCUT2D eigenvalue weighted by Gasteiger charge is 2.23. The van der Waals surface area contributed by atoms with Crippen LogP contribution in [0.4, 0.5) is 9.59 Å². The van der Waals surface area contributed by atoms with E-state index in [1.54, 1.807) is 0 Å². The van der Waals surface area contributed by atoms with Crippen LogP contribution < -0.4 is 5.32 Å². The van der Waals surface area contributed by atoms with Crippen molar-refractivity contribution in [2.75, 3.05) is 32.7 Å². The molecule has 3 atom stereocenters. The molecule has 0 saturated carbocycles. The first-order valence-corrected chi connectivity index (χ1v) is 24.7. The van der Waals surface area contributed by atoms with Crippen LogP contribution in [0.15, 0.2) is 0 Å². The quantitative estimate of drug-likeness (QED) is 0.0636. The summed E-state index contributed by atoms with van der Waals surface area (Å²) in [6, 6.07) is 0. The minimum absolute atomic E-state index is 0.180. The lowest BCUT2D eigenvalue weighted by Crippen LogP contribution is -2.38. The Balaban J connectivity index is 4.70. The first-order valence-electron chi connectivity index (χ1n) is 24.7. The molecule has 1 N–H and O–H groups in total. The van der Waals surface area contributed by atoms with Crippen LogP contribution in [0.1, 0.15) is 243 Å². The minimum atomic E-state index is -0.471. The van der Waals surface area contributed by atoms with Crippen LogP contribution >= 0.6 is 0 Å². The average molecular weight is 822 g/mol. The molecule has 0 aliphatic rings. The van der Waals surface area contributed by atoms with Crippen molar-refractivity contribution in [3.8, 4) is 0 Å². The molecule has 0 aromatic carbocycles. The highest BCUT2D eigenvalue weighted by Crippen LogP contribution is 2.25. The molecule has 0 aliphatic carbocycles. The van der Waals surface area contributed by atoms with Crippen molar-refractivity contribution in [1.29, 1.82) is 0 Å². The predicted octanol–water partition coefficient (Wildman–Crippen LogP) is 14.7. The lowest BCUT2D eigenvalue weighted by Gasteiger charge is -2.27. The van der Waals surface area contributed by atoms with Gasteiger partial charge in [-0.25, -0.2) is 9.59 Å². The Morgan fingerprint density at radius 1 is 0.466 bits per heavy atom. The summed E-state index contributed by atoms with van der Waals surface area (Å²) in [4.78, 5) is 41.8. The molecule has 0 aromatic heterocycles. The van der Waals surface area contributed by atoms with E-state index in [1.807, 2.05) is 51.3 Å². The third-order valence-electron chi connectivity index (χ3n) is 11.3. The Morgan fingerprint density at radius 3 is 1.38 bits per heavy atom. The molecule has 3 unspecified atom stereocenters. The maximum Gasteiger partial charge on any atom is 0.410 e. The van der Waals surface area contributed by atoms with E-state index in [1.165, 1.54) is 103 Å². The Labute approximate surface area is 360 Å². The van der Waals surface area contributed by atoms with Crippen molar-refractivity contribution in [1.82, 2.24) is 15.1 Å². The standard InChI is InChI=1S/C50H99N3O5/c1-12-15-22-30-43(4)31-29-32-44(5)36-37-46(54)51-38-26-19-17-23-33-45(35-25-21-28-41-52(39-14-3)47(55)57-49(6,7)8)34-24-18-20-27-42-53(40-16-13-2)48(56)58-50(9,10)11/h43-45H,12-42H2,1-11H3,(H,51,54). The molecular formula is C50H99N3O5. The van der Waals surface area contributed by atoms with E-state index in [4.69, 9.17) is 9.47 Å². The van der Waals surface area contributed by atoms with Crippen molar-refractivity contribution in [2.24, 2.45) is 17.8 Å². The summed E-state index contributed by atoms with van der Waals surface area (Å²) in [7, 11) is 0. The summed E-state index contributed by atoms with van der Waals surface area (Å²) in [5.41, 5.74) is -0.940. The number of nitrogens with one attached hydrogen (secondary N) is 1. The van der Waals surface area contributed by atoms with Crippen LogP contribution in [0.2, 0.25) is 0 Å². The van der Waals surface area contributed by atoms with E-state index >= 15 is 0 Å². The smallest absolute Gasteiger partial charge is 0.410 e. The molecule has 0 aliphatic heterocycles. The highest BCUT2D eigenvalue weighted by atomic mass is 16.6. The van der Waals surface area contributed by atoms with Gasteiger partial charge in [0.2, 0.25) is 5.91 Å². The topological polar surface area (TPSA) is 88.2 Å². The van der Waals surface area contributed by atoms with Crippen LogP contribution in [0, 0.1) is 17.8 Å². The number of hydrogen-bond acceptors (Lipinski definition) is 5. The van der Waals surface area contributed by atoms with Gasteiger partial charge in [0.15, 0.2) is 0 Å². The largest absolute Gasteiger partial charge is 0.444 e. The van der Waals surface area contributed by atoms with Crippen LogP contribution in [0.5, 0.6) is 0 Å². The Bertz CT molecular complexity index is 1010. The maximum absolute atomic E-state index is 12.8. The van der Waals surface area contributed by atoms with E-state index in [0.29, 0.717) is 12.3 Å². The highest BCUT2D eigenvalue weighted by molar-refractivity contribution is 5.75. The molecule has 0 bridgehead atoms. The Hall–Kier alpha value is -1.99. The molecule has 3 amide bonds. The van der Waals surface area contributed by atoms with E-state index < -0.39 is 11.2 Å². The normalized spacial score (nSPS) is 13.5. The fourth-order valence-electron chi connectivity index (χ4n) is 7.75. The van der Waals surface area contributed by atoms with E-state index in [-0.39, 0.29) is 18.1 Å². The number of hydrogen-bond donors (Lipinski definition) is 1. The fraction of sp³-hybridized carbons (Fsp3) is 0.940. The summed E-state index contributed by atoms with van der Waals surface area (Å²) < 4.78 is 11.3. The van der Waals surface area contributed by atoms with Crippen molar-refractivity contribution in [3.63, 3.8) is 0 Å². The van der Waals surface area contributed by atoms with Gasteiger partial charge < -0.3 is 24.6 Å². The van der Waals surface area contributed by atoms with Crippen molar-refractivity contribution in [2.45, 2.75) is 254 Å². The summed E-state index contributed by atoms with van der Waals surface area (Å²) in [5.74, 6) is 2.41. The number of carbonyl (C=O) groups is 3. The molecular weight excluding hydrogens is 723 g/mol. The lowest BCUT2D eigenvalue weighted by molar-refractivity contribution is -0.121. The van der Waals surface area contributed by atoms with E-state index in [9.17, 15) is 14.4 Å². The molecule has 8 nitrogen and oxygen atoms in total. The second-order valence-corrected chi connectivity index (χ2v) is 19.9. The molecule has 0 heterocycles. The Morgan fingerprint density at radius 2 is 0.879 bits per heavy atom. The third kappa shape index (κ3) is 34.8. The summed E-state index contributed by atoms with van der Waals surface area (Å²) in [5, 5.41) is 3.19. The van der Waals surface area contributed by atoms with Crippen LogP contribution in [0.3, 0.4) is 0 Å².